The summed E-state index contributed by atoms with van der Waals surface area (Å²) >= 11 is 5.88. The summed E-state index contributed by atoms with van der Waals surface area (Å²) < 4.78 is 27.5. The zero-order chi connectivity index (χ0) is 21.2. The molecule has 1 heterocycles. The molecule has 0 unspecified atom stereocenters. The number of rotatable bonds is 6. The average Bonchev–Trinajstić information content (AvgIpc) is 3.19. The van der Waals surface area contributed by atoms with Crippen LogP contribution in [0.4, 0.5) is 0 Å². The number of carbonyl (C=O) groups excluding carboxylic acids is 1. The van der Waals surface area contributed by atoms with Gasteiger partial charge < -0.3 is 5.32 Å². The molecule has 0 spiro atoms. The highest BCUT2D eigenvalue weighted by atomic mass is 35.5. The number of aryl methyl sites for hydroxylation is 2. The highest BCUT2D eigenvalue weighted by molar-refractivity contribution is 7.89. The quantitative estimate of drug-likeness (QED) is 0.733. The number of halogens is 1. The fourth-order valence-corrected chi connectivity index (χ4v) is 5.48. The lowest BCUT2D eigenvalue weighted by Gasteiger charge is -2.26. The van der Waals surface area contributed by atoms with E-state index in [1.807, 2.05) is 26.0 Å². The zero-order valence-corrected chi connectivity index (χ0v) is 18.6. The van der Waals surface area contributed by atoms with Crippen molar-refractivity contribution in [3.8, 4) is 0 Å². The number of amides is 1. The van der Waals surface area contributed by atoms with Crippen LogP contribution in [0.2, 0.25) is 5.02 Å². The van der Waals surface area contributed by atoms with Crippen LogP contribution in [-0.4, -0.2) is 31.2 Å². The molecule has 1 saturated heterocycles. The van der Waals surface area contributed by atoms with E-state index in [-0.39, 0.29) is 16.8 Å². The van der Waals surface area contributed by atoms with E-state index >= 15 is 0 Å². The first kappa shape index (κ1) is 21.8. The molecular weight excluding hydrogens is 408 g/mol. The first-order chi connectivity index (χ1) is 13.7. The second-order valence-corrected chi connectivity index (χ2v) is 9.87. The monoisotopic (exact) mass is 434 g/mol. The van der Waals surface area contributed by atoms with Gasteiger partial charge in [-0.15, -0.1) is 0 Å². The lowest BCUT2D eigenvalue weighted by Crippen LogP contribution is -2.46. The Morgan fingerprint density at radius 3 is 2.48 bits per heavy atom. The largest absolute Gasteiger partial charge is 0.348 e. The standard InChI is InChI=1S/C22H27ClN2O3S/c1-4-20(17-8-7-15(2)16(3)14-17)24-22(26)21-6-5-13-25(21)29(27,28)19-11-9-18(23)10-12-19/h7-12,14,20-21H,4-6,13H2,1-3H3,(H,24,26)/t20-,21+/m1/s1. The zero-order valence-electron chi connectivity index (χ0n) is 17.0. The van der Waals surface area contributed by atoms with Gasteiger partial charge in [0.15, 0.2) is 0 Å². The van der Waals surface area contributed by atoms with Crippen molar-refractivity contribution in [2.24, 2.45) is 0 Å². The fraction of sp³-hybridized carbons (Fsp3) is 0.409. The van der Waals surface area contributed by atoms with Gasteiger partial charge in [0.05, 0.1) is 10.9 Å². The lowest BCUT2D eigenvalue weighted by atomic mass is 9.99. The Bertz CT molecular complexity index is 990. The molecule has 0 radical (unpaired) electrons. The molecule has 2 aromatic rings. The molecule has 1 N–H and O–H groups in total. The molecule has 2 aromatic carbocycles. The van der Waals surface area contributed by atoms with E-state index in [9.17, 15) is 13.2 Å². The van der Waals surface area contributed by atoms with Crippen LogP contribution in [0.1, 0.15) is 48.9 Å². The number of hydrogen-bond donors (Lipinski definition) is 1. The van der Waals surface area contributed by atoms with E-state index in [4.69, 9.17) is 11.6 Å². The first-order valence-electron chi connectivity index (χ1n) is 9.89. The SMILES string of the molecule is CC[C@@H](NC(=O)[C@@H]1CCCN1S(=O)(=O)c1ccc(Cl)cc1)c1ccc(C)c(C)c1. The number of sulfonamides is 1. The van der Waals surface area contributed by atoms with Gasteiger partial charge in [-0.3, -0.25) is 4.79 Å². The molecular formula is C22H27ClN2O3S. The summed E-state index contributed by atoms with van der Waals surface area (Å²) in [5.74, 6) is -0.245. The molecule has 5 nitrogen and oxygen atoms in total. The summed E-state index contributed by atoms with van der Waals surface area (Å²) in [6, 6.07) is 11.4. The molecule has 1 fully saturated rings. The summed E-state index contributed by atoms with van der Waals surface area (Å²) in [6.07, 6.45) is 1.90. The Morgan fingerprint density at radius 1 is 1.17 bits per heavy atom. The second-order valence-electron chi connectivity index (χ2n) is 7.54. The Hall–Kier alpha value is -1.89. The van der Waals surface area contributed by atoms with E-state index in [2.05, 4.69) is 18.3 Å². The van der Waals surface area contributed by atoms with Crippen LogP contribution in [0, 0.1) is 13.8 Å². The van der Waals surface area contributed by atoms with Crippen LogP contribution < -0.4 is 5.32 Å². The molecule has 0 bridgehead atoms. The minimum Gasteiger partial charge on any atom is -0.348 e. The molecule has 1 aliphatic rings. The molecule has 3 rings (SSSR count). The minimum absolute atomic E-state index is 0.150. The minimum atomic E-state index is -3.76. The van der Waals surface area contributed by atoms with Gasteiger partial charge in [-0.1, -0.05) is 36.7 Å². The smallest absolute Gasteiger partial charge is 0.243 e. The highest BCUT2D eigenvalue weighted by Crippen LogP contribution is 2.28. The Morgan fingerprint density at radius 2 is 1.86 bits per heavy atom. The summed E-state index contributed by atoms with van der Waals surface area (Å²) in [7, 11) is -3.76. The van der Waals surface area contributed by atoms with Crippen molar-refractivity contribution in [3.63, 3.8) is 0 Å². The Balaban J connectivity index is 1.80. The topological polar surface area (TPSA) is 66.5 Å². The summed E-state index contributed by atoms with van der Waals surface area (Å²) in [5.41, 5.74) is 3.41. The van der Waals surface area contributed by atoms with Crippen molar-refractivity contribution in [1.82, 2.24) is 9.62 Å². The maximum Gasteiger partial charge on any atom is 0.243 e. The predicted molar refractivity (Wildman–Crippen MR) is 115 cm³/mol. The number of nitrogens with zero attached hydrogens (tertiary/aromatic N) is 1. The Labute approximate surface area is 178 Å². The van der Waals surface area contributed by atoms with Crippen molar-refractivity contribution in [3.05, 3.63) is 64.2 Å². The van der Waals surface area contributed by atoms with Crippen LogP contribution in [0.5, 0.6) is 0 Å². The molecule has 156 valence electrons. The molecule has 29 heavy (non-hydrogen) atoms. The fourth-order valence-electron chi connectivity index (χ4n) is 3.70. The number of nitrogens with one attached hydrogen (secondary N) is 1. The maximum absolute atomic E-state index is 13.1. The normalized spacial score (nSPS) is 18.6. The van der Waals surface area contributed by atoms with Crippen LogP contribution >= 0.6 is 11.6 Å². The van der Waals surface area contributed by atoms with Gasteiger partial charge in [0.2, 0.25) is 15.9 Å². The summed E-state index contributed by atoms with van der Waals surface area (Å²) in [4.78, 5) is 13.2. The first-order valence-corrected chi connectivity index (χ1v) is 11.7. The number of carbonyl (C=O) groups is 1. The van der Waals surface area contributed by atoms with Crippen molar-refractivity contribution >= 4 is 27.5 Å². The van der Waals surface area contributed by atoms with Crippen LogP contribution in [-0.2, 0) is 14.8 Å². The van der Waals surface area contributed by atoms with Gasteiger partial charge in [0, 0.05) is 11.6 Å². The van der Waals surface area contributed by atoms with Gasteiger partial charge in [-0.25, -0.2) is 8.42 Å². The van der Waals surface area contributed by atoms with E-state index in [1.165, 1.54) is 27.6 Å². The molecule has 0 aliphatic carbocycles. The molecule has 0 aromatic heterocycles. The van der Waals surface area contributed by atoms with Gasteiger partial charge in [-0.2, -0.15) is 4.31 Å². The van der Waals surface area contributed by atoms with E-state index < -0.39 is 16.1 Å². The summed E-state index contributed by atoms with van der Waals surface area (Å²) in [6.45, 7) is 6.45. The van der Waals surface area contributed by atoms with E-state index in [0.29, 0.717) is 24.4 Å². The molecule has 7 heteroatoms. The third kappa shape index (κ3) is 4.65. The van der Waals surface area contributed by atoms with Crippen LogP contribution in [0.15, 0.2) is 47.4 Å². The molecule has 2 atom stereocenters. The predicted octanol–water partition coefficient (Wildman–Crippen LogP) is 4.38. The van der Waals surface area contributed by atoms with Gasteiger partial charge >= 0.3 is 0 Å². The van der Waals surface area contributed by atoms with Gasteiger partial charge in [0.1, 0.15) is 6.04 Å². The van der Waals surface area contributed by atoms with Crippen molar-refractivity contribution in [1.29, 1.82) is 0 Å². The third-order valence-electron chi connectivity index (χ3n) is 5.58. The van der Waals surface area contributed by atoms with E-state index in [1.54, 1.807) is 12.1 Å². The van der Waals surface area contributed by atoms with Crippen molar-refractivity contribution < 1.29 is 13.2 Å². The van der Waals surface area contributed by atoms with Crippen LogP contribution in [0.3, 0.4) is 0 Å². The third-order valence-corrected chi connectivity index (χ3v) is 7.76. The molecule has 1 aliphatic heterocycles. The molecule has 1 amide bonds. The highest BCUT2D eigenvalue weighted by Gasteiger charge is 2.39. The maximum atomic E-state index is 13.1. The Kier molecular flexibility index (Phi) is 6.66. The summed E-state index contributed by atoms with van der Waals surface area (Å²) in [5, 5.41) is 3.54. The van der Waals surface area contributed by atoms with Gasteiger partial charge in [-0.05, 0) is 74.1 Å². The second kappa shape index (κ2) is 8.86. The average molecular weight is 435 g/mol. The number of benzene rings is 2. The van der Waals surface area contributed by atoms with Crippen molar-refractivity contribution in [2.45, 2.75) is 57.0 Å². The van der Waals surface area contributed by atoms with Crippen LogP contribution in [0.25, 0.3) is 0 Å². The lowest BCUT2D eigenvalue weighted by molar-refractivity contribution is -0.125. The molecule has 0 saturated carbocycles. The van der Waals surface area contributed by atoms with Gasteiger partial charge in [0.25, 0.3) is 0 Å². The van der Waals surface area contributed by atoms with E-state index in [0.717, 1.165) is 12.0 Å². The number of hydrogen-bond acceptors (Lipinski definition) is 3. The van der Waals surface area contributed by atoms with Crippen molar-refractivity contribution in [2.75, 3.05) is 6.54 Å².